The fourth-order valence-corrected chi connectivity index (χ4v) is 4.69. The average Bonchev–Trinajstić information content (AvgIpc) is 2.73. The smallest absolute Gasteiger partial charge is 0.354 e. The van der Waals surface area contributed by atoms with Gasteiger partial charge in [0.05, 0.1) is 13.2 Å². The van der Waals surface area contributed by atoms with Gasteiger partial charge in [0.15, 0.2) is 0 Å². The predicted octanol–water partition coefficient (Wildman–Crippen LogP) is 4.28. The van der Waals surface area contributed by atoms with Crippen molar-refractivity contribution >= 4 is 19.5 Å². The first-order valence-corrected chi connectivity index (χ1v) is 9.16. The quantitative estimate of drug-likeness (QED) is 0.596. The first kappa shape index (κ1) is 16.4. The zero-order valence-electron chi connectivity index (χ0n) is 13.8. The van der Waals surface area contributed by atoms with Crippen LogP contribution in [0, 0.1) is 5.41 Å². The molecular formula is C17H21O5P. The topological polar surface area (TPSA) is 61.8 Å². The minimum absolute atomic E-state index is 0.156. The summed E-state index contributed by atoms with van der Waals surface area (Å²) in [5.74, 6) is 2.21. The second kappa shape index (κ2) is 5.30. The zero-order chi connectivity index (χ0) is 16.9. The highest BCUT2D eigenvalue weighted by Crippen LogP contribution is 2.59. The van der Waals surface area contributed by atoms with Crippen LogP contribution in [-0.4, -0.2) is 25.1 Å². The normalized spacial score (nSPS) is 25.7. The molecule has 124 valence electrons. The standard InChI is InChI=1S/C17H21O5P/c1-16(2)10-20-23(19,21-11-16)9-14-13-7-12(8-18)5-6-15(13)22-17(14,3)4/h5-9H,10-11H2,1-4H3/b14-9-. The van der Waals surface area contributed by atoms with E-state index in [1.807, 2.05) is 27.7 Å². The molecule has 0 aliphatic carbocycles. The van der Waals surface area contributed by atoms with Crippen LogP contribution in [0.25, 0.3) is 5.57 Å². The van der Waals surface area contributed by atoms with Gasteiger partial charge in [-0.3, -0.25) is 9.36 Å². The Kier molecular flexibility index (Phi) is 3.79. The molecule has 0 spiro atoms. The van der Waals surface area contributed by atoms with Gasteiger partial charge in [0.1, 0.15) is 17.6 Å². The van der Waals surface area contributed by atoms with E-state index in [0.717, 1.165) is 17.4 Å². The van der Waals surface area contributed by atoms with Crippen LogP contribution in [0.5, 0.6) is 5.75 Å². The largest absolute Gasteiger partial charge is 0.482 e. The molecule has 6 heteroatoms. The van der Waals surface area contributed by atoms with Gasteiger partial charge in [-0.05, 0) is 32.0 Å². The van der Waals surface area contributed by atoms with Gasteiger partial charge in [-0.1, -0.05) is 13.8 Å². The molecule has 0 saturated carbocycles. The van der Waals surface area contributed by atoms with Crippen molar-refractivity contribution in [1.29, 1.82) is 0 Å². The third-order valence-corrected chi connectivity index (χ3v) is 5.55. The van der Waals surface area contributed by atoms with E-state index >= 15 is 0 Å². The molecule has 1 saturated heterocycles. The molecule has 0 aromatic heterocycles. The van der Waals surface area contributed by atoms with Crippen molar-refractivity contribution in [3.8, 4) is 5.75 Å². The maximum atomic E-state index is 12.9. The van der Waals surface area contributed by atoms with Crippen LogP contribution < -0.4 is 4.74 Å². The summed E-state index contributed by atoms with van der Waals surface area (Å²) >= 11 is 0. The molecule has 0 unspecified atom stereocenters. The summed E-state index contributed by atoms with van der Waals surface area (Å²) in [5, 5.41) is 0. The van der Waals surface area contributed by atoms with Crippen molar-refractivity contribution in [2.45, 2.75) is 33.3 Å². The lowest BCUT2D eigenvalue weighted by Crippen LogP contribution is -2.29. The third-order valence-electron chi connectivity index (χ3n) is 4.00. The lowest BCUT2D eigenvalue weighted by molar-refractivity contribution is 0.0456. The molecule has 0 bridgehead atoms. The van der Waals surface area contributed by atoms with Crippen LogP contribution in [0.15, 0.2) is 24.0 Å². The van der Waals surface area contributed by atoms with Crippen molar-refractivity contribution in [3.63, 3.8) is 0 Å². The van der Waals surface area contributed by atoms with E-state index in [1.165, 1.54) is 0 Å². The molecule has 2 aliphatic rings. The molecule has 1 aromatic carbocycles. The zero-order valence-corrected chi connectivity index (χ0v) is 14.7. The Balaban J connectivity index is 2.02. The Hall–Kier alpha value is -1.42. The molecule has 0 N–H and O–H groups in total. The number of carbonyl (C=O) groups excluding carboxylic acids is 1. The van der Waals surface area contributed by atoms with Crippen molar-refractivity contribution in [2.24, 2.45) is 5.41 Å². The van der Waals surface area contributed by atoms with E-state index in [2.05, 4.69) is 0 Å². The maximum absolute atomic E-state index is 12.9. The Labute approximate surface area is 136 Å². The third kappa shape index (κ3) is 3.14. The van der Waals surface area contributed by atoms with Crippen LogP contribution in [0.3, 0.4) is 0 Å². The van der Waals surface area contributed by atoms with E-state index in [-0.39, 0.29) is 5.41 Å². The number of carbonyl (C=O) groups is 1. The van der Waals surface area contributed by atoms with Gasteiger partial charge in [-0.15, -0.1) is 0 Å². The summed E-state index contributed by atoms with van der Waals surface area (Å²) < 4.78 is 29.9. The van der Waals surface area contributed by atoms with Gasteiger partial charge in [0.2, 0.25) is 0 Å². The highest BCUT2D eigenvalue weighted by atomic mass is 31.2. The average molecular weight is 336 g/mol. The van der Waals surface area contributed by atoms with Crippen molar-refractivity contribution in [2.75, 3.05) is 13.2 Å². The van der Waals surface area contributed by atoms with E-state index in [4.69, 9.17) is 13.8 Å². The van der Waals surface area contributed by atoms with Crippen molar-refractivity contribution < 1.29 is 23.1 Å². The van der Waals surface area contributed by atoms with Gasteiger partial charge in [-0.2, -0.15) is 0 Å². The highest BCUT2D eigenvalue weighted by molar-refractivity contribution is 7.57. The molecule has 1 fully saturated rings. The number of benzene rings is 1. The summed E-state index contributed by atoms with van der Waals surface area (Å²) in [6.45, 7) is 8.52. The number of hydrogen-bond acceptors (Lipinski definition) is 5. The summed E-state index contributed by atoms with van der Waals surface area (Å²) in [4.78, 5) is 11.0. The molecule has 2 aliphatic heterocycles. The van der Waals surface area contributed by atoms with Gasteiger partial charge in [0.25, 0.3) is 0 Å². The van der Waals surface area contributed by atoms with Gasteiger partial charge < -0.3 is 13.8 Å². The van der Waals surface area contributed by atoms with E-state index in [9.17, 15) is 9.36 Å². The minimum atomic E-state index is -3.33. The predicted molar refractivity (Wildman–Crippen MR) is 87.8 cm³/mol. The molecule has 0 radical (unpaired) electrons. The minimum Gasteiger partial charge on any atom is -0.482 e. The van der Waals surface area contributed by atoms with Gasteiger partial charge in [0, 0.05) is 27.9 Å². The summed E-state index contributed by atoms with van der Waals surface area (Å²) in [7, 11) is -3.33. The van der Waals surface area contributed by atoms with E-state index < -0.39 is 13.2 Å². The number of ether oxygens (including phenoxy) is 1. The summed E-state index contributed by atoms with van der Waals surface area (Å²) in [6, 6.07) is 5.19. The molecule has 0 amide bonds. The molecule has 2 heterocycles. The van der Waals surface area contributed by atoms with Crippen LogP contribution in [0.1, 0.15) is 43.6 Å². The summed E-state index contributed by atoms with van der Waals surface area (Å²) in [6.07, 6.45) is 0.779. The number of aldehydes is 1. The molecule has 3 rings (SSSR count). The van der Waals surface area contributed by atoms with Gasteiger partial charge >= 0.3 is 7.60 Å². The monoisotopic (exact) mass is 336 g/mol. The van der Waals surface area contributed by atoms with Gasteiger partial charge in [-0.25, -0.2) is 0 Å². The second-order valence-electron chi connectivity index (χ2n) is 7.28. The Bertz CT molecular complexity index is 718. The van der Waals surface area contributed by atoms with E-state index in [1.54, 1.807) is 24.0 Å². The van der Waals surface area contributed by atoms with Crippen molar-refractivity contribution in [3.05, 3.63) is 35.1 Å². The molecular weight excluding hydrogens is 315 g/mol. The Morgan fingerprint density at radius 1 is 1.13 bits per heavy atom. The SMILES string of the molecule is CC1(C)COP(=O)(/C=C2/c3cc(C=O)ccc3OC2(C)C)OC1. The van der Waals surface area contributed by atoms with E-state index in [0.29, 0.717) is 24.5 Å². The number of fused-ring (bicyclic) bond motifs is 1. The maximum Gasteiger partial charge on any atom is 0.354 e. The lowest BCUT2D eigenvalue weighted by atomic mass is 9.95. The fraction of sp³-hybridized carbons (Fsp3) is 0.471. The first-order valence-electron chi connectivity index (χ1n) is 7.55. The second-order valence-corrected chi connectivity index (χ2v) is 9.13. The van der Waals surface area contributed by atoms with Crippen molar-refractivity contribution in [1.82, 2.24) is 0 Å². The van der Waals surface area contributed by atoms with Crippen LogP contribution in [0.4, 0.5) is 0 Å². The Morgan fingerprint density at radius 2 is 1.78 bits per heavy atom. The lowest BCUT2D eigenvalue weighted by Gasteiger charge is -2.33. The number of rotatable bonds is 2. The first-order chi connectivity index (χ1) is 10.6. The highest BCUT2D eigenvalue weighted by Gasteiger charge is 2.41. The molecule has 0 atom stereocenters. The molecule has 23 heavy (non-hydrogen) atoms. The van der Waals surface area contributed by atoms with Crippen LogP contribution in [-0.2, 0) is 13.6 Å². The molecule has 1 aromatic rings. The van der Waals surface area contributed by atoms with Crippen LogP contribution in [0.2, 0.25) is 0 Å². The number of hydrogen-bond donors (Lipinski definition) is 0. The molecule has 5 nitrogen and oxygen atoms in total. The van der Waals surface area contributed by atoms with Crippen LogP contribution >= 0.6 is 7.60 Å². The fourth-order valence-electron chi connectivity index (χ4n) is 2.64. The Morgan fingerprint density at radius 3 is 2.39 bits per heavy atom. The summed E-state index contributed by atoms with van der Waals surface area (Å²) in [5.41, 5.74) is 1.20.